The highest BCUT2D eigenvalue weighted by atomic mass is 16.5. The zero-order chi connectivity index (χ0) is 22.9. The number of hydrogen-bond donors (Lipinski definition) is 1. The number of fused-ring (bicyclic) bond motifs is 1. The number of piperazine rings is 1. The predicted molar refractivity (Wildman–Crippen MR) is 125 cm³/mol. The summed E-state index contributed by atoms with van der Waals surface area (Å²) in [5.74, 6) is 1.08. The maximum absolute atomic E-state index is 12.9. The molecule has 1 N–H and O–H groups in total. The first-order chi connectivity index (χ1) is 16.0. The van der Waals surface area contributed by atoms with Gasteiger partial charge in [0.25, 0.3) is 0 Å². The fourth-order valence-electron chi connectivity index (χ4n) is 5.17. The number of imidazole rings is 1. The molecule has 1 amide bonds. The third-order valence-corrected chi connectivity index (χ3v) is 7.19. The van der Waals surface area contributed by atoms with Crippen LogP contribution in [0.4, 0.5) is 0 Å². The van der Waals surface area contributed by atoms with Crippen molar-refractivity contribution in [3.63, 3.8) is 0 Å². The summed E-state index contributed by atoms with van der Waals surface area (Å²) in [6.07, 6.45) is 1.75. The number of benzene rings is 1. The smallest absolute Gasteiger partial charge is 0.326 e. The Bertz CT molecular complexity index is 1160. The molecule has 5 rings (SSSR count). The van der Waals surface area contributed by atoms with Crippen LogP contribution in [0.2, 0.25) is 0 Å². The summed E-state index contributed by atoms with van der Waals surface area (Å²) < 4.78 is 7.17. The van der Waals surface area contributed by atoms with E-state index in [0.29, 0.717) is 6.54 Å². The van der Waals surface area contributed by atoms with E-state index in [0.717, 1.165) is 86.7 Å². The normalized spacial score (nSPS) is 18.9. The first kappa shape index (κ1) is 21.9. The van der Waals surface area contributed by atoms with E-state index in [4.69, 9.17) is 4.52 Å². The zero-order valence-corrected chi connectivity index (χ0v) is 19.4. The molecular weight excluding hydrogens is 420 g/mol. The van der Waals surface area contributed by atoms with Crippen LogP contribution in [0, 0.1) is 13.8 Å². The molecule has 1 aromatic carbocycles. The summed E-state index contributed by atoms with van der Waals surface area (Å²) in [5.41, 5.74) is 3.91. The fourth-order valence-corrected chi connectivity index (χ4v) is 5.17. The van der Waals surface area contributed by atoms with Crippen LogP contribution >= 0.6 is 0 Å². The molecule has 2 aromatic heterocycles. The Morgan fingerprint density at radius 1 is 1.06 bits per heavy atom. The van der Waals surface area contributed by atoms with E-state index in [9.17, 15) is 9.59 Å². The van der Waals surface area contributed by atoms with E-state index in [1.165, 1.54) is 0 Å². The number of H-pyrrole nitrogens is 1. The number of hydrogen-bond acceptors (Lipinski definition) is 6. The minimum atomic E-state index is -0.0415. The third-order valence-electron chi connectivity index (χ3n) is 7.19. The Labute approximate surface area is 192 Å². The van der Waals surface area contributed by atoms with Gasteiger partial charge >= 0.3 is 5.69 Å². The molecule has 0 saturated carbocycles. The Morgan fingerprint density at radius 2 is 1.79 bits per heavy atom. The lowest BCUT2D eigenvalue weighted by atomic mass is 10.0. The summed E-state index contributed by atoms with van der Waals surface area (Å²) in [5, 5.41) is 4.04. The highest BCUT2D eigenvalue weighted by molar-refractivity contribution is 5.78. The summed E-state index contributed by atoms with van der Waals surface area (Å²) in [7, 11) is 0. The maximum Gasteiger partial charge on any atom is 0.326 e. The van der Waals surface area contributed by atoms with Crippen LogP contribution in [0.3, 0.4) is 0 Å². The van der Waals surface area contributed by atoms with Crippen LogP contribution in [-0.4, -0.2) is 81.1 Å². The van der Waals surface area contributed by atoms with Gasteiger partial charge in [0.2, 0.25) is 5.91 Å². The Kier molecular flexibility index (Phi) is 6.07. The molecular formula is C24H32N6O3. The summed E-state index contributed by atoms with van der Waals surface area (Å²) in [6, 6.07) is 8.01. The standard InChI is InChI=1S/C24H32N6O3/c1-17-20(18(2)33-26-17)15-28-11-13-29(14-12-28)23(31)16-27-9-7-19(8-10-27)30-22-6-4-3-5-21(22)25-24(30)32/h3-6,19H,7-16H2,1-2H3,(H,25,32). The summed E-state index contributed by atoms with van der Waals surface area (Å²) >= 11 is 0. The molecule has 176 valence electrons. The van der Waals surface area contributed by atoms with Crippen molar-refractivity contribution in [3.05, 3.63) is 51.8 Å². The van der Waals surface area contributed by atoms with Crippen molar-refractivity contribution in [2.75, 3.05) is 45.8 Å². The van der Waals surface area contributed by atoms with Crippen LogP contribution in [0.1, 0.15) is 35.9 Å². The Balaban J connectivity index is 1.11. The highest BCUT2D eigenvalue weighted by Gasteiger charge is 2.27. The molecule has 3 aromatic rings. The second kappa shape index (κ2) is 9.15. The summed E-state index contributed by atoms with van der Waals surface area (Å²) in [4.78, 5) is 34.9. The largest absolute Gasteiger partial charge is 0.361 e. The van der Waals surface area contributed by atoms with Crippen LogP contribution in [-0.2, 0) is 11.3 Å². The van der Waals surface area contributed by atoms with E-state index in [1.54, 1.807) is 0 Å². The number of carbonyl (C=O) groups is 1. The zero-order valence-electron chi connectivity index (χ0n) is 19.4. The number of para-hydroxylation sites is 2. The van der Waals surface area contributed by atoms with Gasteiger partial charge in [-0.15, -0.1) is 0 Å². The molecule has 2 saturated heterocycles. The molecule has 0 bridgehead atoms. The van der Waals surface area contributed by atoms with Crippen molar-refractivity contribution in [2.45, 2.75) is 39.3 Å². The van der Waals surface area contributed by atoms with Crippen molar-refractivity contribution in [2.24, 2.45) is 0 Å². The van der Waals surface area contributed by atoms with E-state index in [2.05, 4.69) is 19.9 Å². The molecule has 4 heterocycles. The van der Waals surface area contributed by atoms with Gasteiger partial charge in [-0.05, 0) is 38.8 Å². The van der Waals surface area contributed by atoms with Gasteiger partial charge < -0.3 is 14.4 Å². The number of nitrogens with one attached hydrogen (secondary N) is 1. The Morgan fingerprint density at radius 3 is 2.48 bits per heavy atom. The van der Waals surface area contributed by atoms with Gasteiger partial charge in [0.15, 0.2) is 0 Å². The second-order valence-corrected chi connectivity index (χ2v) is 9.28. The number of aromatic nitrogens is 3. The van der Waals surface area contributed by atoms with Gasteiger partial charge in [0, 0.05) is 57.4 Å². The first-order valence-corrected chi connectivity index (χ1v) is 11.8. The molecule has 2 aliphatic heterocycles. The molecule has 0 radical (unpaired) electrons. The number of amides is 1. The van der Waals surface area contributed by atoms with Crippen LogP contribution in [0.25, 0.3) is 11.0 Å². The summed E-state index contributed by atoms with van der Waals surface area (Å²) in [6.45, 7) is 10.1. The number of rotatable bonds is 5. The number of likely N-dealkylation sites (tertiary alicyclic amines) is 1. The minimum Gasteiger partial charge on any atom is -0.361 e. The van der Waals surface area contributed by atoms with Crippen LogP contribution < -0.4 is 5.69 Å². The van der Waals surface area contributed by atoms with Gasteiger partial charge in [0.05, 0.1) is 23.3 Å². The molecule has 9 heteroatoms. The molecule has 0 unspecified atom stereocenters. The lowest BCUT2D eigenvalue weighted by molar-refractivity contribution is -0.134. The quantitative estimate of drug-likeness (QED) is 0.636. The number of aromatic amines is 1. The topological polar surface area (TPSA) is 90.6 Å². The van der Waals surface area contributed by atoms with E-state index in [1.807, 2.05) is 47.6 Å². The molecule has 0 aliphatic carbocycles. The van der Waals surface area contributed by atoms with Gasteiger partial charge in [0.1, 0.15) is 5.76 Å². The van der Waals surface area contributed by atoms with Gasteiger partial charge in [-0.1, -0.05) is 17.3 Å². The van der Waals surface area contributed by atoms with Crippen LogP contribution in [0.15, 0.2) is 33.6 Å². The van der Waals surface area contributed by atoms with Crippen molar-refractivity contribution in [1.82, 2.24) is 29.4 Å². The van der Waals surface area contributed by atoms with Gasteiger partial charge in [-0.3, -0.25) is 19.2 Å². The average Bonchev–Trinajstić information content (AvgIpc) is 3.33. The molecule has 0 atom stereocenters. The van der Waals surface area contributed by atoms with E-state index < -0.39 is 0 Å². The molecule has 2 aliphatic rings. The number of carbonyl (C=O) groups excluding carboxylic acids is 1. The highest BCUT2D eigenvalue weighted by Crippen LogP contribution is 2.25. The van der Waals surface area contributed by atoms with Crippen molar-refractivity contribution >= 4 is 16.9 Å². The van der Waals surface area contributed by atoms with Gasteiger partial charge in [-0.25, -0.2) is 4.79 Å². The number of aryl methyl sites for hydroxylation is 2. The Hall–Kier alpha value is -2.91. The second-order valence-electron chi connectivity index (χ2n) is 9.28. The fraction of sp³-hybridized carbons (Fsp3) is 0.542. The van der Waals surface area contributed by atoms with Crippen molar-refractivity contribution in [3.8, 4) is 0 Å². The number of piperidine rings is 1. The van der Waals surface area contributed by atoms with Crippen LogP contribution in [0.5, 0.6) is 0 Å². The van der Waals surface area contributed by atoms with Crippen molar-refractivity contribution < 1.29 is 9.32 Å². The predicted octanol–water partition coefficient (Wildman–Crippen LogP) is 1.92. The average molecular weight is 453 g/mol. The maximum atomic E-state index is 12.9. The van der Waals surface area contributed by atoms with Gasteiger partial charge in [-0.2, -0.15) is 0 Å². The SMILES string of the molecule is Cc1noc(C)c1CN1CCN(C(=O)CN2CCC(n3c(=O)[nH]c4ccccc43)CC2)CC1. The minimum absolute atomic E-state index is 0.0415. The molecule has 2 fully saturated rings. The first-order valence-electron chi connectivity index (χ1n) is 11.8. The molecule has 9 nitrogen and oxygen atoms in total. The van der Waals surface area contributed by atoms with Crippen molar-refractivity contribution in [1.29, 1.82) is 0 Å². The van der Waals surface area contributed by atoms with E-state index in [-0.39, 0.29) is 17.6 Å². The molecule has 0 spiro atoms. The third kappa shape index (κ3) is 4.47. The monoisotopic (exact) mass is 452 g/mol. The lowest BCUT2D eigenvalue weighted by Crippen LogP contribution is -2.51. The lowest BCUT2D eigenvalue weighted by Gasteiger charge is -2.37. The van der Waals surface area contributed by atoms with E-state index >= 15 is 0 Å². The number of nitrogens with zero attached hydrogens (tertiary/aromatic N) is 5. The molecule has 33 heavy (non-hydrogen) atoms.